The second kappa shape index (κ2) is 5.04. The summed E-state index contributed by atoms with van der Waals surface area (Å²) in [5.74, 6) is -2.00. The summed E-state index contributed by atoms with van der Waals surface area (Å²) >= 11 is 0. The molecule has 0 aromatic heterocycles. The van der Waals surface area contributed by atoms with E-state index >= 15 is 0 Å². The topological polar surface area (TPSA) is 83.5 Å². The summed E-state index contributed by atoms with van der Waals surface area (Å²) in [6, 6.07) is 4.88. The van der Waals surface area contributed by atoms with E-state index in [1.807, 2.05) is 4.72 Å². The number of carboxylic acid groups (broad SMARTS) is 1. The lowest BCUT2D eigenvalue weighted by atomic mass is 10.4. The maximum atomic E-state index is 13.1. The van der Waals surface area contributed by atoms with Crippen molar-refractivity contribution in [3.05, 3.63) is 30.1 Å². The van der Waals surface area contributed by atoms with Gasteiger partial charge in [-0.25, -0.2) is 17.5 Å². The van der Waals surface area contributed by atoms with Crippen LogP contribution in [0.3, 0.4) is 0 Å². The van der Waals surface area contributed by atoms with Gasteiger partial charge in [0.2, 0.25) is 10.0 Å². The van der Waals surface area contributed by atoms with Gasteiger partial charge in [-0.2, -0.15) is 0 Å². The zero-order valence-corrected chi connectivity index (χ0v) is 9.00. The van der Waals surface area contributed by atoms with E-state index in [0.29, 0.717) is 0 Å². The van der Waals surface area contributed by atoms with Gasteiger partial charge in [-0.15, -0.1) is 0 Å². The molecule has 0 radical (unpaired) electrons. The highest BCUT2D eigenvalue weighted by molar-refractivity contribution is 7.89. The van der Waals surface area contributed by atoms with Crippen molar-refractivity contribution < 1.29 is 22.7 Å². The van der Waals surface area contributed by atoms with Gasteiger partial charge in [0, 0.05) is 6.54 Å². The summed E-state index contributed by atoms with van der Waals surface area (Å²) in [6.45, 7) is -0.272. The predicted molar refractivity (Wildman–Crippen MR) is 53.8 cm³/mol. The molecule has 0 heterocycles. The Morgan fingerprint density at radius 1 is 1.38 bits per heavy atom. The Morgan fingerprint density at radius 3 is 2.56 bits per heavy atom. The molecule has 0 aliphatic rings. The van der Waals surface area contributed by atoms with Crippen molar-refractivity contribution in [1.29, 1.82) is 0 Å². The zero-order chi connectivity index (χ0) is 12.2. The maximum absolute atomic E-state index is 13.1. The van der Waals surface area contributed by atoms with E-state index in [1.165, 1.54) is 12.1 Å². The number of sulfonamides is 1. The van der Waals surface area contributed by atoms with Crippen LogP contribution in [-0.2, 0) is 14.8 Å². The Morgan fingerprint density at radius 2 is 2.00 bits per heavy atom. The third kappa shape index (κ3) is 3.28. The van der Waals surface area contributed by atoms with Crippen molar-refractivity contribution in [3.8, 4) is 0 Å². The molecular formula is C9H10FNO4S. The van der Waals surface area contributed by atoms with Crippen molar-refractivity contribution in [3.63, 3.8) is 0 Å². The fourth-order valence-electron chi connectivity index (χ4n) is 1.03. The molecule has 0 fully saturated rings. The third-order valence-corrected chi connectivity index (χ3v) is 3.25. The Hall–Kier alpha value is -1.47. The van der Waals surface area contributed by atoms with E-state index in [1.54, 1.807) is 0 Å². The standard InChI is InChI=1S/C9H10FNO4S/c10-7-3-1-2-4-8(7)16(14,15)11-6-5-9(12)13/h1-4,11H,5-6H2,(H,12,13). The van der Waals surface area contributed by atoms with Gasteiger partial charge in [0.25, 0.3) is 0 Å². The molecule has 1 rings (SSSR count). The minimum atomic E-state index is -3.97. The van der Waals surface area contributed by atoms with Gasteiger partial charge < -0.3 is 5.11 Å². The molecule has 1 aromatic rings. The van der Waals surface area contributed by atoms with Crippen molar-refractivity contribution in [1.82, 2.24) is 4.72 Å². The lowest BCUT2D eigenvalue weighted by Crippen LogP contribution is -2.27. The van der Waals surface area contributed by atoms with Crippen molar-refractivity contribution >= 4 is 16.0 Å². The second-order valence-electron chi connectivity index (χ2n) is 2.97. The monoisotopic (exact) mass is 247 g/mol. The van der Waals surface area contributed by atoms with Crippen LogP contribution in [0.5, 0.6) is 0 Å². The van der Waals surface area contributed by atoms with Gasteiger partial charge in [-0.1, -0.05) is 12.1 Å². The largest absolute Gasteiger partial charge is 0.481 e. The number of rotatable bonds is 5. The van der Waals surface area contributed by atoms with Crippen LogP contribution in [0.2, 0.25) is 0 Å². The van der Waals surface area contributed by atoms with Gasteiger partial charge in [0.05, 0.1) is 6.42 Å². The molecule has 0 saturated carbocycles. The number of hydrogen-bond donors (Lipinski definition) is 2. The van der Waals surface area contributed by atoms with Gasteiger partial charge in [-0.3, -0.25) is 4.79 Å². The number of benzene rings is 1. The van der Waals surface area contributed by atoms with E-state index in [0.717, 1.165) is 12.1 Å². The number of hydrogen-bond acceptors (Lipinski definition) is 3. The number of carboxylic acids is 1. The molecule has 0 aliphatic carbocycles. The first-order chi connectivity index (χ1) is 7.43. The molecule has 0 bridgehead atoms. The normalized spacial score (nSPS) is 11.3. The van der Waals surface area contributed by atoms with Crippen LogP contribution in [0.1, 0.15) is 6.42 Å². The van der Waals surface area contributed by atoms with Gasteiger partial charge >= 0.3 is 5.97 Å². The van der Waals surface area contributed by atoms with Gasteiger partial charge in [0.1, 0.15) is 10.7 Å². The van der Waals surface area contributed by atoms with Crippen LogP contribution in [0, 0.1) is 5.82 Å². The number of carbonyl (C=O) groups is 1. The predicted octanol–water partition coefficient (Wildman–Crippen LogP) is 0.579. The molecule has 0 aliphatic heterocycles. The Balaban J connectivity index is 2.79. The van der Waals surface area contributed by atoms with Crippen molar-refractivity contribution in [2.24, 2.45) is 0 Å². The van der Waals surface area contributed by atoms with Crippen molar-refractivity contribution in [2.45, 2.75) is 11.3 Å². The zero-order valence-electron chi connectivity index (χ0n) is 8.18. The molecule has 88 valence electrons. The molecular weight excluding hydrogens is 237 g/mol. The average molecular weight is 247 g/mol. The molecule has 5 nitrogen and oxygen atoms in total. The van der Waals surface area contributed by atoms with E-state index in [9.17, 15) is 17.6 Å². The SMILES string of the molecule is O=C(O)CCNS(=O)(=O)c1ccccc1F. The van der Waals surface area contributed by atoms with Crippen LogP contribution in [0.25, 0.3) is 0 Å². The van der Waals surface area contributed by atoms with Crippen LogP contribution >= 0.6 is 0 Å². The summed E-state index contributed by atoms with van der Waals surface area (Å²) in [6.07, 6.45) is -0.353. The summed E-state index contributed by atoms with van der Waals surface area (Å²) in [4.78, 5) is 9.69. The van der Waals surface area contributed by atoms with Crippen LogP contribution in [-0.4, -0.2) is 26.0 Å². The van der Waals surface area contributed by atoms with E-state index in [4.69, 9.17) is 5.11 Å². The highest BCUT2D eigenvalue weighted by Crippen LogP contribution is 2.12. The van der Waals surface area contributed by atoms with Crippen LogP contribution in [0.4, 0.5) is 4.39 Å². The first-order valence-electron chi connectivity index (χ1n) is 4.39. The summed E-state index contributed by atoms with van der Waals surface area (Å²) in [5, 5.41) is 8.33. The average Bonchev–Trinajstić information content (AvgIpc) is 2.17. The van der Waals surface area contributed by atoms with E-state index < -0.39 is 26.7 Å². The smallest absolute Gasteiger partial charge is 0.304 e. The summed E-state index contributed by atoms with van der Waals surface area (Å²) < 4.78 is 38.1. The van der Waals surface area contributed by atoms with E-state index in [-0.39, 0.29) is 13.0 Å². The number of halogens is 1. The first kappa shape index (κ1) is 12.6. The highest BCUT2D eigenvalue weighted by Gasteiger charge is 2.17. The Labute approximate surface area is 92.0 Å². The number of nitrogens with one attached hydrogen (secondary N) is 1. The van der Waals surface area contributed by atoms with Crippen molar-refractivity contribution in [2.75, 3.05) is 6.54 Å². The number of aliphatic carboxylic acids is 1. The first-order valence-corrected chi connectivity index (χ1v) is 5.88. The minimum absolute atomic E-state index is 0.272. The maximum Gasteiger partial charge on any atom is 0.304 e. The summed E-state index contributed by atoms with van der Waals surface area (Å²) in [5.41, 5.74) is 0. The molecule has 7 heteroatoms. The molecule has 16 heavy (non-hydrogen) atoms. The van der Waals surface area contributed by atoms with Gasteiger partial charge in [-0.05, 0) is 12.1 Å². The fourth-order valence-corrected chi connectivity index (χ4v) is 2.14. The third-order valence-electron chi connectivity index (χ3n) is 1.76. The molecule has 1 aromatic carbocycles. The lowest BCUT2D eigenvalue weighted by Gasteiger charge is -2.05. The van der Waals surface area contributed by atoms with Crippen LogP contribution < -0.4 is 4.72 Å². The lowest BCUT2D eigenvalue weighted by molar-refractivity contribution is -0.136. The second-order valence-corrected chi connectivity index (χ2v) is 4.71. The molecule has 0 unspecified atom stereocenters. The quantitative estimate of drug-likeness (QED) is 0.797. The molecule has 0 saturated heterocycles. The molecule has 0 spiro atoms. The highest BCUT2D eigenvalue weighted by atomic mass is 32.2. The van der Waals surface area contributed by atoms with Crippen LogP contribution in [0.15, 0.2) is 29.2 Å². The Bertz CT molecular complexity index is 486. The fraction of sp³-hybridized carbons (Fsp3) is 0.222. The molecule has 0 atom stereocenters. The van der Waals surface area contributed by atoms with Gasteiger partial charge in [0.15, 0.2) is 0 Å². The minimum Gasteiger partial charge on any atom is -0.481 e. The Kier molecular flexibility index (Phi) is 3.97. The van der Waals surface area contributed by atoms with E-state index in [2.05, 4.69) is 0 Å². The molecule has 2 N–H and O–H groups in total. The molecule has 0 amide bonds. The summed E-state index contributed by atoms with van der Waals surface area (Å²) in [7, 11) is -3.97.